The Hall–Kier alpha value is 1.07. The fraction of sp³-hybridized carbons (Fsp3) is 1.00. The van der Waals surface area contributed by atoms with E-state index in [0.717, 1.165) is 6.61 Å². The summed E-state index contributed by atoms with van der Waals surface area (Å²) < 4.78 is 4.76. The van der Waals surface area contributed by atoms with Gasteiger partial charge in [-0.15, -0.1) is 0 Å². The average Bonchev–Trinajstić information content (AvgIpc) is 1.69. The molecule has 0 amide bonds. The summed E-state index contributed by atoms with van der Waals surface area (Å²) in [6, 6.07) is 0. The van der Waals surface area contributed by atoms with Crippen LogP contribution in [0.1, 0.15) is 26.2 Å². The molecule has 0 rings (SSSR count). The van der Waals surface area contributed by atoms with Crippen LogP contribution in [0.25, 0.3) is 0 Å². The summed E-state index contributed by atoms with van der Waals surface area (Å²) in [4.78, 5) is 0. The first-order valence-electron chi connectivity index (χ1n) is 2.73. The molecule has 0 radical (unpaired) electrons. The van der Waals surface area contributed by atoms with Crippen LogP contribution in [0.4, 0.5) is 0 Å². The van der Waals surface area contributed by atoms with E-state index in [1.165, 1.54) is 19.3 Å². The van der Waals surface area contributed by atoms with Crippen molar-refractivity contribution in [1.29, 1.82) is 0 Å². The molecule has 0 fully saturated rings. The maximum atomic E-state index is 4.76. The Labute approximate surface area is 78.1 Å². The number of halogens is 2. The van der Waals surface area contributed by atoms with E-state index >= 15 is 0 Å². The third-order valence-electron chi connectivity index (χ3n) is 0.866. The van der Waals surface area contributed by atoms with Gasteiger partial charge in [0, 0.05) is 0 Å². The SMILES string of the molecule is CCCCC[O][Al+2].[Cl-].[Cl-]. The Bertz CT molecular complexity index is 34.1. The van der Waals surface area contributed by atoms with Gasteiger partial charge in [-0.25, -0.2) is 0 Å². The van der Waals surface area contributed by atoms with Crippen LogP contribution in [0.2, 0.25) is 0 Å². The van der Waals surface area contributed by atoms with E-state index in [9.17, 15) is 0 Å². The molecule has 0 aliphatic carbocycles. The van der Waals surface area contributed by atoms with Crippen LogP contribution in [0.15, 0.2) is 0 Å². The molecule has 1 nitrogen and oxygen atoms in total. The zero-order valence-electron chi connectivity index (χ0n) is 5.57. The van der Waals surface area contributed by atoms with E-state index < -0.39 is 0 Å². The second kappa shape index (κ2) is 16.0. The van der Waals surface area contributed by atoms with Gasteiger partial charge in [-0.1, -0.05) is 0 Å². The second-order valence-electron chi connectivity index (χ2n) is 1.58. The monoisotopic (exact) mass is 184 g/mol. The predicted octanol–water partition coefficient (Wildman–Crippen LogP) is -4.72. The normalized spacial score (nSPS) is 7.44. The molecule has 0 aromatic heterocycles. The minimum absolute atomic E-state index is 0. The standard InChI is InChI=1S/C5H11O.Al.2ClH/c1-2-3-4-5-6;;;/h2-5H2,1H3;;2*1H/q-1;+3;;/p-2. The third-order valence-corrected chi connectivity index (χ3v) is 1.10. The van der Waals surface area contributed by atoms with Crippen molar-refractivity contribution in [2.75, 3.05) is 6.61 Å². The van der Waals surface area contributed by atoms with Gasteiger partial charge < -0.3 is 24.8 Å². The number of hydrogen-bond donors (Lipinski definition) is 0. The van der Waals surface area contributed by atoms with Gasteiger partial charge in [0.05, 0.1) is 0 Å². The van der Waals surface area contributed by atoms with Crippen LogP contribution >= 0.6 is 0 Å². The van der Waals surface area contributed by atoms with Crippen LogP contribution in [-0.4, -0.2) is 23.2 Å². The van der Waals surface area contributed by atoms with Crippen molar-refractivity contribution in [2.45, 2.75) is 26.2 Å². The van der Waals surface area contributed by atoms with Gasteiger partial charge in [0.25, 0.3) is 0 Å². The topological polar surface area (TPSA) is 9.23 Å². The summed E-state index contributed by atoms with van der Waals surface area (Å²) in [7, 11) is 0. The first-order valence-corrected chi connectivity index (χ1v) is 3.20. The van der Waals surface area contributed by atoms with Crippen molar-refractivity contribution >= 4 is 16.6 Å². The van der Waals surface area contributed by atoms with E-state index in [1.807, 2.05) is 0 Å². The largest absolute Gasteiger partial charge is 1.00 e. The van der Waals surface area contributed by atoms with Crippen molar-refractivity contribution in [3.63, 3.8) is 0 Å². The van der Waals surface area contributed by atoms with Crippen LogP contribution in [0.3, 0.4) is 0 Å². The fourth-order valence-electron chi connectivity index (χ4n) is 0.435. The first-order chi connectivity index (χ1) is 3.41. The minimum Gasteiger partial charge on any atom is -1.00 e. The van der Waals surface area contributed by atoms with Gasteiger partial charge in [0.2, 0.25) is 0 Å². The maximum Gasteiger partial charge on any atom is -1.00 e. The van der Waals surface area contributed by atoms with Gasteiger partial charge in [0.1, 0.15) is 0 Å². The zero-order valence-corrected chi connectivity index (χ0v) is 8.24. The number of hydrogen-bond acceptors (Lipinski definition) is 1. The summed E-state index contributed by atoms with van der Waals surface area (Å²) in [5.41, 5.74) is 0. The van der Waals surface area contributed by atoms with Crippen LogP contribution in [0.5, 0.6) is 0 Å². The average molecular weight is 185 g/mol. The van der Waals surface area contributed by atoms with Crippen molar-refractivity contribution in [1.82, 2.24) is 0 Å². The Morgan fingerprint density at radius 3 is 2.11 bits per heavy atom. The van der Waals surface area contributed by atoms with Gasteiger partial charge in [-0.05, 0) is 0 Å². The maximum absolute atomic E-state index is 4.76. The van der Waals surface area contributed by atoms with Crippen molar-refractivity contribution in [2.24, 2.45) is 0 Å². The number of rotatable bonds is 4. The third kappa shape index (κ3) is 17.6. The molecule has 0 unspecified atom stereocenters. The Morgan fingerprint density at radius 1 is 1.22 bits per heavy atom. The van der Waals surface area contributed by atoms with Gasteiger partial charge in [-0.3, -0.25) is 0 Å². The molecular weight excluding hydrogens is 174 g/mol. The van der Waals surface area contributed by atoms with Crippen molar-refractivity contribution < 1.29 is 28.6 Å². The second-order valence-corrected chi connectivity index (χ2v) is 1.91. The van der Waals surface area contributed by atoms with E-state index in [1.54, 1.807) is 0 Å². The molecule has 54 valence electrons. The Morgan fingerprint density at radius 2 is 1.78 bits per heavy atom. The Kier molecular flexibility index (Phi) is 29.5. The summed E-state index contributed by atoms with van der Waals surface area (Å²) in [5.74, 6) is 0. The van der Waals surface area contributed by atoms with Gasteiger partial charge in [0.15, 0.2) is 0 Å². The smallest absolute Gasteiger partial charge is 1.00 e. The van der Waals surface area contributed by atoms with E-state index in [-0.39, 0.29) is 24.8 Å². The molecule has 4 heteroatoms. The summed E-state index contributed by atoms with van der Waals surface area (Å²) in [5, 5.41) is 0. The quantitative estimate of drug-likeness (QED) is 0.316. The molecule has 0 spiro atoms. The minimum atomic E-state index is 0. The zero-order chi connectivity index (χ0) is 5.54. The molecule has 0 N–H and O–H groups in total. The number of unbranched alkanes of at least 4 members (excludes halogenated alkanes) is 2. The van der Waals surface area contributed by atoms with Crippen molar-refractivity contribution in [3.05, 3.63) is 0 Å². The van der Waals surface area contributed by atoms with E-state index in [2.05, 4.69) is 23.5 Å². The van der Waals surface area contributed by atoms with E-state index in [0.29, 0.717) is 0 Å². The van der Waals surface area contributed by atoms with E-state index in [4.69, 9.17) is 3.79 Å². The predicted molar refractivity (Wildman–Crippen MR) is 31.2 cm³/mol. The summed E-state index contributed by atoms with van der Waals surface area (Å²) in [6.07, 6.45) is 3.75. The molecule has 0 saturated carbocycles. The summed E-state index contributed by atoms with van der Waals surface area (Å²) in [6.45, 7) is 3.07. The van der Waals surface area contributed by atoms with Crippen LogP contribution in [0, 0.1) is 0 Å². The fourth-order valence-corrected chi connectivity index (χ4v) is 0.602. The molecule has 0 saturated heterocycles. The molecule has 0 aromatic rings. The molecule has 0 heterocycles. The van der Waals surface area contributed by atoms with Gasteiger partial charge in [-0.2, -0.15) is 0 Å². The molecule has 0 atom stereocenters. The van der Waals surface area contributed by atoms with Gasteiger partial charge >= 0.3 is 53.2 Å². The Balaban J connectivity index is -0.000000180. The summed E-state index contributed by atoms with van der Waals surface area (Å²) >= 11 is 2.25. The molecule has 0 bridgehead atoms. The molecule has 0 aromatic carbocycles. The molecule has 9 heavy (non-hydrogen) atoms. The van der Waals surface area contributed by atoms with Crippen LogP contribution in [-0.2, 0) is 3.79 Å². The molecular formula is C5H11AlCl2O. The van der Waals surface area contributed by atoms with Crippen molar-refractivity contribution in [3.8, 4) is 0 Å². The molecule has 0 aliphatic rings. The molecule has 0 aliphatic heterocycles. The first kappa shape index (κ1) is 16.6. The van der Waals surface area contributed by atoms with Crippen LogP contribution < -0.4 is 24.8 Å².